The Kier molecular flexibility index (Phi) is 10.1. The molecule has 4 aromatic rings. The average molecular weight is 623 g/mol. The molecular formula is C39H35BF4O2. The van der Waals surface area contributed by atoms with E-state index in [1.165, 1.54) is 27.8 Å². The van der Waals surface area contributed by atoms with Crippen molar-refractivity contribution in [1.29, 1.82) is 0 Å². The van der Waals surface area contributed by atoms with Gasteiger partial charge in [0, 0.05) is 22.8 Å². The van der Waals surface area contributed by atoms with Crippen LogP contribution in [-0.2, 0) is 17.6 Å². The van der Waals surface area contributed by atoms with Gasteiger partial charge in [0.25, 0.3) is 11.5 Å². The summed E-state index contributed by atoms with van der Waals surface area (Å²) in [5, 5.41) is 0. The Morgan fingerprint density at radius 1 is 0.565 bits per heavy atom. The van der Waals surface area contributed by atoms with Crippen molar-refractivity contribution in [3.8, 4) is 0 Å². The fourth-order valence-electron chi connectivity index (χ4n) is 5.29. The van der Waals surface area contributed by atoms with Gasteiger partial charge in [0.15, 0.2) is 0 Å². The van der Waals surface area contributed by atoms with Gasteiger partial charge >= 0.3 is 7.25 Å². The second-order valence-electron chi connectivity index (χ2n) is 10.9. The maximum absolute atomic E-state index is 9.75. The quantitative estimate of drug-likeness (QED) is 0.119. The summed E-state index contributed by atoms with van der Waals surface area (Å²) in [6.45, 7) is 6.57. The van der Waals surface area contributed by atoms with Crippen LogP contribution < -0.4 is 0 Å². The normalized spacial score (nSPS) is 14.7. The molecule has 2 nitrogen and oxygen atoms in total. The molecule has 0 aliphatic carbocycles. The lowest BCUT2D eigenvalue weighted by Gasteiger charge is -2.23. The fraction of sp³-hybridized carbons (Fsp3) is 0.128. The van der Waals surface area contributed by atoms with Crippen LogP contribution in [0.2, 0.25) is 0 Å². The van der Waals surface area contributed by atoms with E-state index in [1.807, 2.05) is 36.4 Å². The highest BCUT2D eigenvalue weighted by atomic mass is 19.5. The predicted octanol–water partition coefficient (Wildman–Crippen LogP) is 11.4. The topological polar surface area (TPSA) is 22.0 Å². The maximum atomic E-state index is 9.75. The summed E-state index contributed by atoms with van der Waals surface area (Å²) >= 11 is 0. The number of rotatable bonds is 6. The molecule has 2 heterocycles. The molecule has 46 heavy (non-hydrogen) atoms. The van der Waals surface area contributed by atoms with E-state index in [4.69, 9.17) is 9.47 Å². The van der Waals surface area contributed by atoms with Crippen LogP contribution >= 0.6 is 0 Å². The summed E-state index contributed by atoms with van der Waals surface area (Å²) in [5.41, 5.74) is 10.4. The lowest BCUT2D eigenvalue weighted by molar-refractivity contribution is 0.188. The van der Waals surface area contributed by atoms with E-state index in [2.05, 4.69) is 112 Å². The molecule has 0 saturated carbocycles. The lowest BCUT2D eigenvalue weighted by Crippen LogP contribution is -2.10. The van der Waals surface area contributed by atoms with Gasteiger partial charge in [0.1, 0.15) is 11.5 Å². The Morgan fingerprint density at radius 2 is 1.00 bits per heavy atom. The first-order valence-electron chi connectivity index (χ1n) is 15.3. The van der Waals surface area contributed by atoms with E-state index in [9.17, 15) is 17.3 Å². The molecule has 0 amide bonds. The van der Waals surface area contributed by atoms with Crippen LogP contribution in [-0.4, -0.2) is 12.0 Å². The minimum atomic E-state index is -6.00. The number of hydrogen-bond donors (Lipinski definition) is 0. The van der Waals surface area contributed by atoms with Gasteiger partial charge in [-0.25, -0.2) is 0 Å². The molecule has 0 saturated heterocycles. The Bertz CT molecular complexity index is 1750. The molecule has 0 atom stereocenters. The van der Waals surface area contributed by atoms with E-state index in [0.29, 0.717) is 0 Å². The van der Waals surface area contributed by atoms with Crippen LogP contribution in [0.5, 0.6) is 0 Å². The Morgan fingerprint density at radius 3 is 1.43 bits per heavy atom. The Labute approximate surface area is 267 Å². The van der Waals surface area contributed by atoms with Gasteiger partial charge in [0.2, 0.25) is 0 Å². The highest BCUT2D eigenvalue weighted by Crippen LogP contribution is 2.40. The van der Waals surface area contributed by atoms with Gasteiger partial charge in [-0.15, -0.1) is 0 Å². The zero-order valence-corrected chi connectivity index (χ0v) is 26.0. The molecule has 0 bridgehead atoms. The van der Waals surface area contributed by atoms with Gasteiger partial charge in [0.05, 0.1) is 16.7 Å². The number of hydrogen-bond acceptors (Lipinski definition) is 1. The van der Waals surface area contributed by atoms with E-state index in [1.54, 1.807) is 0 Å². The molecule has 0 spiro atoms. The van der Waals surface area contributed by atoms with Crippen molar-refractivity contribution >= 4 is 30.1 Å². The first-order chi connectivity index (χ1) is 22.1. The first-order valence-corrected chi connectivity index (χ1v) is 15.3. The van der Waals surface area contributed by atoms with Crippen molar-refractivity contribution in [2.45, 2.75) is 33.6 Å². The highest BCUT2D eigenvalue weighted by Gasteiger charge is 2.28. The average Bonchev–Trinajstić information content (AvgIpc) is 3.08. The monoisotopic (exact) mass is 622 g/mol. The van der Waals surface area contributed by atoms with Crippen LogP contribution in [0.25, 0.3) is 22.9 Å². The molecule has 4 aromatic carbocycles. The van der Waals surface area contributed by atoms with Crippen LogP contribution in [0.1, 0.15) is 54.2 Å². The molecule has 2 aliphatic rings. The molecule has 1 N–H and O–H groups in total. The van der Waals surface area contributed by atoms with E-state index < -0.39 is 7.25 Å². The molecule has 6 rings (SSSR count). The molecule has 234 valence electrons. The van der Waals surface area contributed by atoms with Crippen molar-refractivity contribution in [2.75, 3.05) is 0 Å². The summed E-state index contributed by atoms with van der Waals surface area (Å²) in [7, 11) is -6.00. The molecule has 0 fully saturated rings. The van der Waals surface area contributed by atoms with Gasteiger partial charge < -0.3 is 26.7 Å². The van der Waals surface area contributed by atoms with Crippen molar-refractivity contribution < 1.29 is 26.7 Å². The van der Waals surface area contributed by atoms with Crippen LogP contribution in [0.4, 0.5) is 17.3 Å². The summed E-state index contributed by atoms with van der Waals surface area (Å²) < 4.78 is 50.8. The lowest BCUT2D eigenvalue weighted by atomic mass is 9.91. The largest absolute Gasteiger partial charge is 0.673 e. The zero-order chi connectivity index (χ0) is 32.7. The van der Waals surface area contributed by atoms with Gasteiger partial charge in [-0.3, -0.25) is 0 Å². The third-order valence-corrected chi connectivity index (χ3v) is 7.79. The SMILES string of the molecule is CCc1ccc(C2=CC(=C3C=C(c4ccccc4)OC(c4ccccc4)=C3)[OH+]C(c3ccc(CC)cc3)=C2C)cc1.F[B-](F)(F)F. The zero-order valence-electron chi connectivity index (χ0n) is 26.0. The molecule has 0 unspecified atom stereocenters. The third-order valence-electron chi connectivity index (χ3n) is 7.79. The van der Waals surface area contributed by atoms with Crippen molar-refractivity contribution in [3.63, 3.8) is 0 Å². The standard InChI is InChI=1S/C39H34O2.BF4/c1-4-28-16-20-30(21-17-28)35-26-38(41-39(27(35)3)33-22-18-29(5-2)19-23-33)34-24-36(31-12-8-6-9-13-31)40-37(25-34)32-14-10-7-11-15-32;2-1(3,4)5/h6-26H,4-5H2,1-3H3;/q;-1/p+1. The second-order valence-corrected chi connectivity index (χ2v) is 10.9. The predicted molar refractivity (Wildman–Crippen MR) is 182 cm³/mol. The summed E-state index contributed by atoms with van der Waals surface area (Å²) in [4.78, 5) is 0. The number of aliphatic hydroxyl groups is 2. The smallest absolute Gasteiger partial charge is 0.545 e. The van der Waals surface area contributed by atoms with E-state index in [0.717, 1.165) is 58.1 Å². The van der Waals surface area contributed by atoms with Crippen molar-refractivity contribution in [1.82, 2.24) is 0 Å². The van der Waals surface area contributed by atoms with Crippen molar-refractivity contribution in [3.05, 3.63) is 178 Å². The summed E-state index contributed by atoms with van der Waals surface area (Å²) in [6, 6.07) is 38.3. The Balaban J connectivity index is 0.000000775. The number of ether oxygens (including phenoxy) is 2. The van der Waals surface area contributed by atoms with Crippen LogP contribution in [0, 0.1) is 0 Å². The van der Waals surface area contributed by atoms with Gasteiger partial charge in [-0.2, -0.15) is 0 Å². The second kappa shape index (κ2) is 14.4. The fourth-order valence-corrected chi connectivity index (χ4v) is 5.29. The highest BCUT2D eigenvalue weighted by molar-refractivity contribution is 6.50. The van der Waals surface area contributed by atoms with Gasteiger partial charge in [-0.05, 0) is 60.7 Å². The molecular weight excluding hydrogens is 587 g/mol. The third kappa shape index (κ3) is 8.16. The number of benzene rings is 4. The molecule has 0 radical (unpaired) electrons. The number of allylic oxidation sites excluding steroid dienone is 6. The minimum absolute atomic E-state index is 0.812. The van der Waals surface area contributed by atoms with E-state index >= 15 is 0 Å². The van der Waals surface area contributed by atoms with Gasteiger partial charge in [-0.1, -0.05) is 111 Å². The number of aryl methyl sites for hydroxylation is 2. The molecule has 2 aliphatic heterocycles. The van der Waals surface area contributed by atoms with Crippen LogP contribution in [0.15, 0.2) is 144 Å². The van der Waals surface area contributed by atoms with E-state index in [-0.39, 0.29) is 0 Å². The summed E-state index contributed by atoms with van der Waals surface area (Å²) in [5.74, 6) is 3.55. The number of halogens is 4. The van der Waals surface area contributed by atoms with Crippen LogP contribution in [0.3, 0.4) is 0 Å². The molecule has 0 aromatic heterocycles. The Hall–Kier alpha value is -5.04. The molecule has 7 heteroatoms. The minimum Gasteiger partial charge on any atom is -0.545 e. The maximum Gasteiger partial charge on any atom is 0.673 e. The summed E-state index contributed by atoms with van der Waals surface area (Å²) in [6.07, 6.45) is 8.51. The van der Waals surface area contributed by atoms with Crippen molar-refractivity contribution in [2.24, 2.45) is 0 Å². The first kappa shape index (κ1) is 32.4.